The minimum absolute atomic E-state index is 1.19. The van der Waals surface area contributed by atoms with Crippen LogP contribution in [0.4, 0.5) is 0 Å². The van der Waals surface area contributed by atoms with E-state index in [1.165, 1.54) is 6.40 Å². The molecule has 0 aromatic rings. The molecule has 0 aromatic carbocycles. The first kappa shape index (κ1) is 5.92. The third kappa shape index (κ3) is 4.92. The quantitative estimate of drug-likeness (QED) is 0.280. The van der Waals surface area contributed by atoms with Crippen LogP contribution >= 0.6 is 0 Å². The second-order valence-corrected chi connectivity index (χ2v) is 0.718. The fourth-order valence-electron chi connectivity index (χ4n) is 0.108. The molecule has 0 rings (SSSR count). The Labute approximate surface area is 42.0 Å². The summed E-state index contributed by atoms with van der Waals surface area (Å²) in [5.74, 6) is 2.16. The van der Waals surface area contributed by atoms with Gasteiger partial charge in [-0.05, 0) is 11.7 Å². The van der Waals surface area contributed by atoms with Crippen molar-refractivity contribution in [3.8, 4) is 0 Å². The molecule has 3 nitrogen and oxygen atoms in total. The van der Waals surface area contributed by atoms with Crippen molar-refractivity contribution >= 4 is 12.3 Å². The fourth-order valence-corrected chi connectivity index (χ4v) is 0.108. The second kappa shape index (κ2) is 4.92. The molecular weight excluding hydrogens is 92.1 g/mol. The van der Waals surface area contributed by atoms with Crippen LogP contribution in [0.5, 0.6) is 0 Å². The summed E-state index contributed by atoms with van der Waals surface area (Å²) in [6, 6.07) is 0. The molecule has 0 atom stereocenters. The van der Waals surface area contributed by atoms with Gasteiger partial charge < -0.3 is 4.84 Å². The van der Waals surface area contributed by atoms with Gasteiger partial charge in [-0.25, -0.2) is 0 Å². The molecule has 0 radical (unpaired) electrons. The average Bonchev–Trinajstić information content (AvgIpc) is 1.69. The molecule has 0 unspecified atom stereocenters. The molecule has 3 heteroatoms. The van der Waals surface area contributed by atoms with Crippen LogP contribution in [0.3, 0.4) is 0 Å². The van der Waals surface area contributed by atoms with Gasteiger partial charge in [0.1, 0.15) is 0 Å². The zero-order chi connectivity index (χ0) is 5.54. The van der Waals surface area contributed by atoms with Gasteiger partial charge in [0, 0.05) is 12.9 Å². The summed E-state index contributed by atoms with van der Waals surface area (Å²) in [4.78, 5) is 7.76. The lowest BCUT2D eigenvalue weighted by atomic mass is 11.2. The van der Waals surface area contributed by atoms with Crippen LogP contribution in [0.15, 0.2) is 16.7 Å². The van der Waals surface area contributed by atoms with E-state index in [4.69, 9.17) is 0 Å². The van der Waals surface area contributed by atoms with E-state index in [-0.39, 0.29) is 0 Å². The Hall–Kier alpha value is -1.08. The van der Waals surface area contributed by atoms with Gasteiger partial charge in [0.2, 0.25) is 6.40 Å². The molecule has 0 fully saturated rings. The van der Waals surface area contributed by atoms with Gasteiger partial charge in [0.25, 0.3) is 0 Å². The molecule has 0 saturated heterocycles. The van der Waals surface area contributed by atoms with Crippen LogP contribution < -0.4 is 0 Å². The van der Waals surface area contributed by atoms with Crippen LogP contribution in [0.1, 0.15) is 0 Å². The van der Waals surface area contributed by atoms with Crippen LogP contribution in [-0.4, -0.2) is 19.3 Å². The van der Waals surface area contributed by atoms with E-state index < -0.39 is 0 Å². The first-order valence-electron chi connectivity index (χ1n) is 1.70. The largest absolute Gasteiger partial charge is 0.337 e. The zero-order valence-electron chi connectivity index (χ0n) is 4.09. The normalized spacial score (nSPS) is 8.14. The Bertz CT molecular complexity index is 102. The highest BCUT2D eigenvalue weighted by molar-refractivity contribution is 5.50. The van der Waals surface area contributed by atoms with Crippen LogP contribution in [0.25, 0.3) is 0 Å². The lowest BCUT2D eigenvalue weighted by Crippen LogP contribution is -1.71. The molecule has 0 aliphatic heterocycles. The Kier molecular flexibility index (Phi) is 4.16. The van der Waals surface area contributed by atoms with Crippen molar-refractivity contribution in [3.05, 3.63) is 6.58 Å². The number of hydrogen-bond donors (Lipinski definition) is 0. The Morgan fingerprint density at radius 2 is 2.57 bits per heavy atom. The maximum Gasteiger partial charge on any atom is 0.207 e. The Morgan fingerprint density at radius 1 is 1.86 bits per heavy atom. The summed E-state index contributed by atoms with van der Waals surface area (Å²) in [7, 11) is 1.58. The highest BCUT2D eigenvalue weighted by Gasteiger charge is 1.57. The molecule has 0 N–H and O–H groups in total. The highest BCUT2D eigenvalue weighted by Crippen LogP contribution is 1.61. The maximum absolute atomic E-state index is 4.29. The monoisotopic (exact) mass is 98.0 g/mol. The van der Waals surface area contributed by atoms with Crippen LogP contribution in [0, 0.1) is 0 Å². The number of rotatable bonds is 2. The molecule has 0 aliphatic carbocycles. The molecule has 0 aliphatic rings. The van der Waals surface area contributed by atoms with Gasteiger partial charge in [-0.2, -0.15) is 0 Å². The van der Waals surface area contributed by atoms with Crippen molar-refractivity contribution in [2.45, 2.75) is 0 Å². The minimum Gasteiger partial charge on any atom is -0.337 e. The molecular formula is C4H6N2O. The molecule has 0 saturated carbocycles. The summed E-state index contributed by atoms with van der Waals surface area (Å²) in [5, 5.41) is 3.15. The molecule has 0 spiro atoms. The smallest absolute Gasteiger partial charge is 0.207 e. The topological polar surface area (TPSA) is 34.0 Å². The third-order valence-electron chi connectivity index (χ3n) is 0.270. The summed E-state index contributed by atoms with van der Waals surface area (Å²) in [6.45, 7) is 3.15. The van der Waals surface area contributed by atoms with Crippen LogP contribution in [-0.2, 0) is 4.84 Å². The number of aliphatic imine (C=N–C) groups is 1. The predicted molar refractivity (Wildman–Crippen MR) is 28.6 cm³/mol. The lowest BCUT2D eigenvalue weighted by Gasteiger charge is -1.76. The van der Waals surface area contributed by atoms with Gasteiger partial charge in [0.15, 0.2) is 0 Å². The van der Waals surface area contributed by atoms with Crippen molar-refractivity contribution < 1.29 is 4.84 Å². The van der Waals surface area contributed by atoms with Crippen molar-refractivity contribution in [2.24, 2.45) is 10.1 Å². The molecule has 0 amide bonds. The molecule has 0 bridgehead atoms. The average molecular weight is 98.1 g/mol. The number of hydrogen-bond acceptors (Lipinski definition) is 3. The summed E-state index contributed by atoms with van der Waals surface area (Å²) >= 11 is 0. The van der Waals surface area contributed by atoms with E-state index in [2.05, 4.69) is 27.4 Å². The van der Waals surface area contributed by atoms with E-state index in [1.54, 1.807) is 7.05 Å². The molecule has 0 heterocycles. The SMILES string of the molecule is C=C=NOC=NC. The Balaban J connectivity index is 3.15. The maximum atomic E-state index is 4.29. The molecule has 7 heavy (non-hydrogen) atoms. The van der Waals surface area contributed by atoms with Crippen molar-refractivity contribution in [1.29, 1.82) is 0 Å². The van der Waals surface area contributed by atoms with E-state index >= 15 is 0 Å². The minimum atomic E-state index is 1.19. The standard InChI is InChI=1S/C4H6N2O/c1-3-6-7-4-5-2/h4H,1H2,2H3. The zero-order valence-corrected chi connectivity index (χ0v) is 4.09. The summed E-state index contributed by atoms with van der Waals surface area (Å²) < 4.78 is 0. The first-order valence-corrected chi connectivity index (χ1v) is 1.70. The molecule has 0 aromatic heterocycles. The Morgan fingerprint density at radius 3 is 3.00 bits per heavy atom. The van der Waals surface area contributed by atoms with E-state index in [0.717, 1.165) is 0 Å². The van der Waals surface area contributed by atoms with Gasteiger partial charge in [-0.1, -0.05) is 0 Å². The highest BCUT2D eigenvalue weighted by atomic mass is 16.6. The van der Waals surface area contributed by atoms with Gasteiger partial charge in [-0.15, -0.1) is 0 Å². The molecule has 38 valence electrons. The fraction of sp³-hybridized carbons (Fsp3) is 0.250. The van der Waals surface area contributed by atoms with Crippen molar-refractivity contribution in [3.63, 3.8) is 0 Å². The van der Waals surface area contributed by atoms with Gasteiger partial charge in [0.05, 0.1) is 0 Å². The van der Waals surface area contributed by atoms with E-state index in [0.29, 0.717) is 0 Å². The number of nitrogens with zero attached hydrogens (tertiary/aromatic N) is 2. The summed E-state index contributed by atoms with van der Waals surface area (Å²) in [6.07, 6.45) is 1.19. The van der Waals surface area contributed by atoms with Crippen molar-refractivity contribution in [2.75, 3.05) is 7.05 Å². The summed E-state index contributed by atoms with van der Waals surface area (Å²) in [5.41, 5.74) is 0. The predicted octanol–water partition coefficient (Wildman–Crippen LogP) is 0.432. The van der Waals surface area contributed by atoms with Gasteiger partial charge >= 0.3 is 0 Å². The van der Waals surface area contributed by atoms with Gasteiger partial charge in [-0.3, -0.25) is 4.99 Å². The second-order valence-electron chi connectivity index (χ2n) is 0.718. The first-order chi connectivity index (χ1) is 3.41. The van der Waals surface area contributed by atoms with E-state index in [1.807, 2.05) is 0 Å². The third-order valence-corrected chi connectivity index (χ3v) is 0.270. The van der Waals surface area contributed by atoms with Crippen LogP contribution in [0.2, 0.25) is 0 Å². The van der Waals surface area contributed by atoms with E-state index in [9.17, 15) is 0 Å². The lowest BCUT2D eigenvalue weighted by molar-refractivity contribution is 0.348. The van der Waals surface area contributed by atoms with Crippen molar-refractivity contribution in [1.82, 2.24) is 0 Å².